The van der Waals surface area contributed by atoms with Crippen LogP contribution in [0.15, 0.2) is 89.7 Å². The van der Waals surface area contributed by atoms with Gasteiger partial charge in [0.05, 0.1) is 31.0 Å². The Balaban J connectivity index is 0.000000245. The van der Waals surface area contributed by atoms with Crippen LogP contribution in [0.4, 0.5) is 5.69 Å². The van der Waals surface area contributed by atoms with Gasteiger partial charge in [-0.15, -0.1) is 0 Å². The molecule has 45 heavy (non-hydrogen) atoms. The number of ether oxygens (including phenoxy) is 3. The number of benzene rings is 3. The third kappa shape index (κ3) is 8.04. The molecule has 10 heteroatoms. The fourth-order valence-electron chi connectivity index (χ4n) is 4.66. The molecule has 5 rings (SSSR count). The van der Waals surface area contributed by atoms with Crippen molar-refractivity contribution in [3.05, 3.63) is 107 Å². The van der Waals surface area contributed by atoms with Gasteiger partial charge in [0.15, 0.2) is 0 Å². The molecule has 10 nitrogen and oxygen atoms in total. The summed E-state index contributed by atoms with van der Waals surface area (Å²) in [6.45, 7) is 6.05. The lowest BCUT2D eigenvalue weighted by Gasteiger charge is -2.12. The second-order valence-corrected chi connectivity index (χ2v) is 10.5. The fourth-order valence-corrected chi connectivity index (χ4v) is 4.66. The number of hydrogen-bond acceptors (Lipinski definition) is 9. The van der Waals surface area contributed by atoms with Gasteiger partial charge in [0.25, 0.3) is 0 Å². The van der Waals surface area contributed by atoms with Gasteiger partial charge in [0, 0.05) is 47.4 Å². The minimum Gasteiger partial charge on any atom is -0.467 e. The van der Waals surface area contributed by atoms with E-state index in [0.717, 1.165) is 27.6 Å². The van der Waals surface area contributed by atoms with Gasteiger partial charge in [0.1, 0.15) is 11.8 Å². The molecule has 0 saturated heterocycles. The van der Waals surface area contributed by atoms with Gasteiger partial charge >= 0.3 is 17.9 Å². The van der Waals surface area contributed by atoms with E-state index in [1.165, 1.54) is 7.11 Å². The molecule has 0 aliphatic carbocycles. The Morgan fingerprint density at radius 1 is 1.02 bits per heavy atom. The Kier molecular flexibility index (Phi) is 10.9. The summed E-state index contributed by atoms with van der Waals surface area (Å²) in [6.07, 6.45) is 4.39. The summed E-state index contributed by atoms with van der Waals surface area (Å²) in [4.78, 5) is 40.9. The molecule has 4 aromatic rings. The number of oxime groups is 1. The van der Waals surface area contributed by atoms with Crippen LogP contribution in [-0.4, -0.2) is 55.1 Å². The van der Waals surface area contributed by atoms with Crippen molar-refractivity contribution in [1.82, 2.24) is 4.57 Å². The number of anilines is 1. The van der Waals surface area contributed by atoms with E-state index in [0.29, 0.717) is 35.6 Å². The number of methoxy groups -OCH3 is 2. The molecule has 0 spiro atoms. The number of esters is 2. The molecule has 3 aromatic carbocycles. The Labute approximate surface area is 262 Å². The van der Waals surface area contributed by atoms with Crippen LogP contribution in [0.2, 0.25) is 0 Å². The van der Waals surface area contributed by atoms with Crippen LogP contribution < -0.4 is 5.73 Å². The molecule has 2 atom stereocenters. The zero-order valence-corrected chi connectivity index (χ0v) is 26.0. The first-order chi connectivity index (χ1) is 21.6. The largest absolute Gasteiger partial charge is 0.467 e. The second-order valence-electron chi connectivity index (χ2n) is 10.5. The molecular formula is C35H37N3O7. The van der Waals surface area contributed by atoms with Crippen molar-refractivity contribution in [1.29, 1.82) is 0 Å². The fraction of sp³-hybridized carbons (Fsp3) is 0.257. The van der Waals surface area contributed by atoms with Crippen molar-refractivity contribution in [2.24, 2.45) is 5.16 Å². The zero-order valence-electron chi connectivity index (χ0n) is 26.0. The average Bonchev–Trinajstić information content (AvgIpc) is 3.61. The lowest BCUT2D eigenvalue weighted by Crippen LogP contribution is -2.16. The molecule has 234 valence electrons. The number of hydrogen-bond donors (Lipinski definition) is 1. The molecule has 1 aromatic heterocycles. The number of carbonyl (C=O) groups is 3. The maximum Gasteiger partial charge on any atom is 0.368 e. The molecule has 2 heterocycles. The molecule has 1 aliphatic rings. The summed E-state index contributed by atoms with van der Waals surface area (Å²) in [5.74, 6) is -1.16. The number of nitrogens with two attached hydrogens (primary N) is 1. The molecule has 2 N–H and O–H groups in total. The highest BCUT2D eigenvalue weighted by Crippen LogP contribution is 2.29. The van der Waals surface area contributed by atoms with Crippen LogP contribution >= 0.6 is 0 Å². The highest BCUT2D eigenvalue weighted by Gasteiger charge is 2.28. The first-order valence-electron chi connectivity index (χ1n) is 14.4. The van der Waals surface area contributed by atoms with Gasteiger partial charge in [-0.05, 0) is 57.2 Å². The van der Waals surface area contributed by atoms with Gasteiger partial charge in [-0.2, -0.15) is 0 Å². The molecule has 0 fully saturated rings. The van der Waals surface area contributed by atoms with Crippen molar-refractivity contribution >= 4 is 46.3 Å². The molecule has 1 aliphatic heterocycles. The number of nitrogen functional groups attached to an aromatic ring is 1. The lowest BCUT2D eigenvalue weighted by molar-refractivity contribution is -0.144. The number of aryl methyl sites for hydroxylation is 1. The standard InChI is InChI=1S/C22H19N3O4.C13H18O3/c1-13(21(26)28-2)25-12-15(17-5-3-4-6-19(17)25)11-18-20(24-29-22(18)27)14-7-9-16(23)10-8-14;1-10-5-4-6-12(9-10)13(14)16-8-7-11(2)15-3/h3-13H,23H2,1-2H3;4-6,9,11H,7-8H2,1-3H3. The summed E-state index contributed by atoms with van der Waals surface area (Å²) in [5, 5.41) is 4.83. The summed E-state index contributed by atoms with van der Waals surface area (Å²) >= 11 is 0. The first kappa shape index (κ1) is 32.7. The highest BCUT2D eigenvalue weighted by atomic mass is 16.7. The van der Waals surface area contributed by atoms with Crippen LogP contribution in [0.3, 0.4) is 0 Å². The van der Waals surface area contributed by atoms with Crippen LogP contribution in [0, 0.1) is 6.92 Å². The molecule has 0 amide bonds. The number of aromatic nitrogens is 1. The Morgan fingerprint density at radius 3 is 2.44 bits per heavy atom. The van der Waals surface area contributed by atoms with Crippen LogP contribution in [0.1, 0.15) is 53.4 Å². The third-order valence-corrected chi connectivity index (χ3v) is 7.32. The van der Waals surface area contributed by atoms with E-state index in [1.54, 1.807) is 50.4 Å². The van der Waals surface area contributed by atoms with Crippen molar-refractivity contribution in [2.75, 3.05) is 26.6 Å². The van der Waals surface area contributed by atoms with E-state index >= 15 is 0 Å². The maximum absolute atomic E-state index is 12.3. The number of fused-ring (bicyclic) bond motifs is 1. The molecule has 0 bridgehead atoms. The number of carbonyl (C=O) groups excluding carboxylic acids is 3. The third-order valence-electron chi connectivity index (χ3n) is 7.32. The van der Waals surface area contributed by atoms with E-state index < -0.39 is 12.0 Å². The first-order valence-corrected chi connectivity index (χ1v) is 14.4. The van der Waals surface area contributed by atoms with Gasteiger partial charge < -0.3 is 29.3 Å². The van der Waals surface area contributed by atoms with E-state index in [1.807, 2.05) is 67.1 Å². The van der Waals surface area contributed by atoms with Gasteiger partial charge in [-0.3, -0.25) is 0 Å². The minimum absolute atomic E-state index is 0.116. The van der Waals surface area contributed by atoms with E-state index in [2.05, 4.69) is 5.16 Å². The van der Waals surface area contributed by atoms with Crippen molar-refractivity contribution in [3.8, 4) is 0 Å². The Bertz CT molecular complexity index is 1740. The van der Waals surface area contributed by atoms with E-state index in [-0.39, 0.29) is 18.0 Å². The smallest absolute Gasteiger partial charge is 0.368 e. The summed E-state index contributed by atoms with van der Waals surface area (Å²) < 4.78 is 16.9. The Hall–Kier alpha value is -5.22. The molecular weight excluding hydrogens is 574 g/mol. The van der Waals surface area contributed by atoms with Crippen LogP contribution in [0.5, 0.6) is 0 Å². The van der Waals surface area contributed by atoms with Crippen molar-refractivity contribution in [3.63, 3.8) is 0 Å². The van der Waals surface area contributed by atoms with Crippen LogP contribution in [0.25, 0.3) is 17.0 Å². The second kappa shape index (κ2) is 15.0. The molecule has 0 saturated carbocycles. The normalized spacial score (nSPS) is 14.6. The topological polar surface area (TPSA) is 131 Å². The van der Waals surface area contributed by atoms with Crippen molar-refractivity contribution < 1.29 is 33.4 Å². The Morgan fingerprint density at radius 2 is 1.76 bits per heavy atom. The molecule has 0 radical (unpaired) electrons. The summed E-state index contributed by atoms with van der Waals surface area (Å²) in [7, 11) is 3.00. The van der Waals surface area contributed by atoms with E-state index in [4.69, 9.17) is 24.8 Å². The zero-order chi connectivity index (χ0) is 32.5. The van der Waals surface area contributed by atoms with Crippen molar-refractivity contribution in [2.45, 2.75) is 39.3 Å². The van der Waals surface area contributed by atoms with E-state index in [9.17, 15) is 14.4 Å². The molecule has 2 unspecified atom stereocenters. The average molecular weight is 612 g/mol. The predicted octanol–water partition coefficient (Wildman–Crippen LogP) is 5.88. The maximum atomic E-state index is 12.3. The summed E-state index contributed by atoms with van der Waals surface area (Å²) in [5.41, 5.74) is 11.1. The van der Waals surface area contributed by atoms with Gasteiger partial charge in [-0.25, -0.2) is 14.4 Å². The monoisotopic (exact) mass is 611 g/mol. The highest BCUT2D eigenvalue weighted by molar-refractivity contribution is 6.31. The number of para-hydroxylation sites is 1. The SMILES string of the molecule is COC(=O)C(C)n1cc(C=C2C(=O)ON=C2c2ccc(N)cc2)c2ccccc21.COC(C)CCOC(=O)c1cccc(C)c1. The number of rotatable bonds is 9. The van der Waals surface area contributed by atoms with Gasteiger partial charge in [-0.1, -0.05) is 53.2 Å². The number of nitrogens with zero attached hydrogens (tertiary/aromatic N) is 2. The minimum atomic E-state index is -0.533. The quantitative estimate of drug-likeness (QED) is 0.107. The lowest BCUT2D eigenvalue weighted by atomic mass is 10.0. The summed E-state index contributed by atoms with van der Waals surface area (Å²) in [6, 6.07) is 21.6. The van der Waals surface area contributed by atoms with Crippen LogP contribution in [-0.2, 0) is 28.6 Å². The predicted molar refractivity (Wildman–Crippen MR) is 173 cm³/mol. The van der Waals surface area contributed by atoms with Gasteiger partial charge in [0.2, 0.25) is 0 Å².